The topological polar surface area (TPSA) is 86.2 Å². The first-order valence-electron chi connectivity index (χ1n) is 7.75. The minimum Gasteiger partial charge on any atom is -0.490 e. The highest BCUT2D eigenvalue weighted by molar-refractivity contribution is 5.97. The van der Waals surface area contributed by atoms with E-state index in [4.69, 9.17) is 4.74 Å². The zero-order chi connectivity index (χ0) is 19.5. The standard InChI is InChI=1S/C18H19F3N2O3/c1-11-3-6-13(7-4-11)26-10-17(2,25)16(24)23-12-5-8-15(22)14(9-12)18(19,20)21/h3-9,25H,10,22H2,1-2H3,(H,23,24)/p+1. The largest absolute Gasteiger partial charge is 0.490 e. The highest BCUT2D eigenvalue weighted by atomic mass is 19.4. The fourth-order valence-electron chi connectivity index (χ4n) is 2.11. The van der Waals surface area contributed by atoms with Gasteiger partial charge in [0.1, 0.15) is 23.6 Å². The Morgan fingerprint density at radius 3 is 2.38 bits per heavy atom. The van der Waals surface area contributed by atoms with E-state index in [1.54, 1.807) is 12.1 Å². The summed E-state index contributed by atoms with van der Waals surface area (Å²) in [6, 6.07) is 10.2. The maximum atomic E-state index is 12.9. The first kappa shape index (κ1) is 19.7. The number of halogens is 3. The molecule has 1 amide bonds. The summed E-state index contributed by atoms with van der Waals surface area (Å²) in [5.74, 6) is -0.418. The van der Waals surface area contributed by atoms with Crippen LogP contribution in [0.1, 0.15) is 18.1 Å². The van der Waals surface area contributed by atoms with Crippen LogP contribution >= 0.6 is 0 Å². The number of carbonyl (C=O) groups excluding carboxylic acids is 1. The Hall–Kier alpha value is -2.58. The Balaban J connectivity index is 2.06. The van der Waals surface area contributed by atoms with Crippen LogP contribution in [-0.2, 0) is 11.0 Å². The summed E-state index contributed by atoms with van der Waals surface area (Å²) in [6.07, 6.45) is -4.59. The van der Waals surface area contributed by atoms with Gasteiger partial charge in [-0.1, -0.05) is 17.7 Å². The molecular formula is C18H20F3N2O3+. The number of alkyl halides is 3. The molecule has 0 aliphatic carbocycles. The van der Waals surface area contributed by atoms with Crippen LogP contribution in [0.2, 0.25) is 0 Å². The summed E-state index contributed by atoms with van der Waals surface area (Å²) >= 11 is 0. The Morgan fingerprint density at radius 2 is 1.81 bits per heavy atom. The molecule has 5 N–H and O–H groups in total. The van der Waals surface area contributed by atoms with Crippen LogP contribution in [0.15, 0.2) is 42.5 Å². The van der Waals surface area contributed by atoms with Crippen molar-refractivity contribution in [2.24, 2.45) is 0 Å². The second-order valence-electron chi connectivity index (χ2n) is 6.20. The lowest BCUT2D eigenvalue weighted by molar-refractivity contribution is -0.262. The fraction of sp³-hybridized carbons (Fsp3) is 0.278. The lowest BCUT2D eigenvalue weighted by Crippen LogP contribution is -2.45. The van der Waals surface area contributed by atoms with Crippen molar-refractivity contribution in [3.63, 3.8) is 0 Å². The van der Waals surface area contributed by atoms with E-state index >= 15 is 0 Å². The summed E-state index contributed by atoms with van der Waals surface area (Å²) in [7, 11) is 0. The molecule has 0 fully saturated rings. The molecule has 0 spiro atoms. The van der Waals surface area contributed by atoms with Crippen LogP contribution in [0.25, 0.3) is 0 Å². The van der Waals surface area contributed by atoms with Gasteiger partial charge in [-0.05, 0) is 38.1 Å². The van der Waals surface area contributed by atoms with Crippen LogP contribution in [-0.4, -0.2) is 23.2 Å². The molecule has 0 aliphatic heterocycles. The summed E-state index contributed by atoms with van der Waals surface area (Å²) in [5.41, 5.74) is 1.16. The number of nitrogens with one attached hydrogen (secondary N) is 1. The van der Waals surface area contributed by atoms with E-state index in [0.29, 0.717) is 5.75 Å². The second-order valence-corrected chi connectivity index (χ2v) is 6.20. The number of ether oxygens (including phenoxy) is 1. The molecule has 0 radical (unpaired) electrons. The SMILES string of the molecule is Cc1ccc(OCC(C)(O)C(=O)Nc2ccc([NH3+])c(C(F)(F)F)c2)cc1. The fourth-order valence-corrected chi connectivity index (χ4v) is 2.11. The molecule has 0 saturated heterocycles. The monoisotopic (exact) mass is 369 g/mol. The van der Waals surface area contributed by atoms with Crippen molar-refractivity contribution in [2.45, 2.75) is 25.6 Å². The second kappa shape index (κ2) is 7.35. The minimum atomic E-state index is -4.59. The van der Waals surface area contributed by atoms with Gasteiger partial charge in [0, 0.05) is 11.8 Å². The number of rotatable bonds is 5. The van der Waals surface area contributed by atoms with Crippen LogP contribution in [0.5, 0.6) is 5.75 Å². The zero-order valence-corrected chi connectivity index (χ0v) is 14.4. The van der Waals surface area contributed by atoms with Crippen molar-refractivity contribution in [1.82, 2.24) is 0 Å². The number of hydrogen-bond donors (Lipinski definition) is 3. The molecule has 140 valence electrons. The van der Waals surface area contributed by atoms with Crippen molar-refractivity contribution in [3.05, 3.63) is 53.6 Å². The average molecular weight is 369 g/mol. The predicted molar refractivity (Wildman–Crippen MR) is 89.9 cm³/mol. The van der Waals surface area contributed by atoms with E-state index in [1.807, 2.05) is 19.1 Å². The molecular weight excluding hydrogens is 349 g/mol. The first-order chi connectivity index (χ1) is 12.0. The summed E-state index contributed by atoms with van der Waals surface area (Å²) in [4.78, 5) is 12.2. The van der Waals surface area contributed by atoms with Crippen molar-refractivity contribution in [3.8, 4) is 5.75 Å². The first-order valence-corrected chi connectivity index (χ1v) is 7.75. The molecule has 26 heavy (non-hydrogen) atoms. The number of benzene rings is 2. The minimum absolute atomic E-state index is 0.0923. The molecule has 1 unspecified atom stereocenters. The average Bonchev–Trinajstić information content (AvgIpc) is 2.55. The lowest BCUT2D eigenvalue weighted by atomic mass is 10.1. The molecule has 1 atom stereocenters. The summed E-state index contributed by atoms with van der Waals surface area (Å²) in [6.45, 7) is 2.76. The highest BCUT2D eigenvalue weighted by Gasteiger charge is 2.36. The predicted octanol–water partition coefficient (Wildman–Crippen LogP) is 2.66. The van der Waals surface area contributed by atoms with E-state index in [0.717, 1.165) is 17.7 Å². The third kappa shape index (κ3) is 4.96. The van der Waals surface area contributed by atoms with Gasteiger partial charge in [0.05, 0.1) is 0 Å². The van der Waals surface area contributed by atoms with Gasteiger partial charge in [0.15, 0.2) is 5.60 Å². The van der Waals surface area contributed by atoms with Crippen LogP contribution < -0.4 is 15.8 Å². The number of carbonyl (C=O) groups is 1. The summed E-state index contributed by atoms with van der Waals surface area (Å²) < 4.78 is 44.1. The van der Waals surface area contributed by atoms with Gasteiger partial charge in [-0.25, -0.2) is 0 Å². The number of hydrogen-bond acceptors (Lipinski definition) is 3. The number of aryl methyl sites for hydroxylation is 1. The molecule has 0 heterocycles. The molecule has 2 aromatic carbocycles. The summed E-state index contributed by atoms with van der Waals surface area (Å²) in [5, 5.41) is 12.5. The Morgan fingerprint density at radius 1 is 1.19 bits per heavy atom. The third-order valence-electron chi connectivity index (χ3n) is 3.70. The number of aliphatic hydroxyl groups is 1. The molecule has 0 aromatic heterocycles. The number of quaternary nitrogens is 1. The molecule has 0 saturated carbocycles. The highest BCUT2D eigenvalue weighted by Crippen LogP contribution is 2.34. The quantitative estimate of drug-likeness (QED) is 0.757. The van der Waals surface area contributed by atoms with Crippen LogP contribution in [0, 0.1) is 6.92 Å². The van der Waals surface area contributed by atoms with Crippen molar-refractivity contribution >= 4 is 17.3 Å². The van der Waals surface area contributed by atoms with Crippen LogP contribution in [0.4, 0.5) is 24.5 Å². The number of amides is 1. The van der Waals surface area contributed by atoms with Gasteiger partial charge in [-0.15, -0.1) is 0 Å². The van der Waals surface area contributed by atoms with Gasteiger partial charge in [-0.3, -0.25) is 4.79 Å². The molecule has 2 rings (SSSR count). The van der Waals surface area contributed by atoms with Crippen molar-refractivity contribution in [1.29, 1.82) is 0 Å². The van der Waals surface area contributed by atoms with E-state index in [2.05, 4.69) is 11.1 Å². The molecule has 0 aliphatic rings. The van der Waals surface area contributed by atoms with Gasteiger partial charge < -0.3 is 20.9 Å². The molecule has 8 heteroatoms. The molecule has 2 aromatic rings. The zero-order valence-electron chi connectivity index (χ0n) is 14.4. The Labute approximate surface area is 148 Å². The third-order valence-corrected chi connectivity index (χ3v) is 3.70. The molecule has 5 nitrogen and oxygen atoms in total. The Bertz CT molecular complexity index is 787. The van der Waals surface area contributed by atoms with Gasteiger partial charge in [-0.2, -0.15) is 13.2 Å². The molecule has 0 bridgehead atoms. The van der Waals surface area contributed by atoms with Gasteiger partial charge in [0.2, 0.25) is 0 Å². The van der Waals surface area contributed by atoms with E-state index < -0.39 is 23.2 Å². The smallest absolute Gasteiger partial charge is 0.422 e. The van der Waals surface area contributed by atoms with Crippen molar-refractivity contribution < 1.29 is 33.5 Å². The van der Waals surface area contributed by atoms with Crippen LogP contribution in [0.3, 0.4) is 0 Å². The maximum Gasteiger partial charge on any atom is 0.422 e. The van der Waals surface area contributed by atoms with E-state index in [-0.39, 0.29) is 18.0 Å². The lowest BCUT2D eigenvalue weighted by Gasteiger charge is -2.23. The van der Waals surface area contributed by atoms with Crippen molar-refractivity contribution in [2.75, 3.05) is 11.9 Å². The number of anilines is 1. The normalized spacial score (nSPS) is 13.8. The van der Waals surface area contributed by atoms with Gasteiger partial charge >= 0.3 is 6.18 Å². The van der Waals surface area contributed by atoms with E-state index in [1.165, 1.54) is 13.0 Å². The van der Waals surface area contributed by atoms with E-state index in [9.17, 15) is 23.1 Å². The van der Waals surface area contributed by atoms with Gasteiger partial charge in [0.25, 0.3) is 5.91 Å². The maximum absolute atomic E-state index is 12.9. The Kier molecular flexibility index (Phi) is 5.58.